The molecular weight excluding hydrogens is 162 g/mol. The molecule has 1 aliphatic heterocycles. The monoisotopic (exact) mass is 173 g/mol. The molecule has 0 spiro atoms. The van der Waals surface area contributed by atoms with Crippen LogP contribution in [0.3, 0.4) is 0 Å². The van der Waals surface area contributed by atoms with Gasteiger partial charge in [0.1, 0.15) is 5.82 Å². The predicted molar refractivity (Wildman–Crippen MR) is 45.6 cm³/mol. The molecule has 1 atom stereocenters. The molecule has 1 unspecified atom stereocenters. The summed E-state index contributed by atoms with van der Waals surface area (Å²) in [4.78, 5) is 4.18. The van der Waals surface area contributed by atoms with Gasteiger partial charge in [0.25, 0.3) is 0 Å². The van der Waals surface area contributed by atoms with Crippen molar-refractivity contribution in [1.82, 2.24) is 9.55 Å². The fourth-order valence-corrected chi connectivity index (χ4v) is 1.45. The molecule has 0 saturated carbocycles. The zero-order valence-electron chi connectivity index (χ0n) is 6.23. The second-order valence-corrected chi connectivity index (χ2v) is 2.73. The molecule has 3 nitrogen and oxygen atoms in total. The van der Waals surface area contributed by atoms with Crippen LogP contribution in [0, 0.1) is 0 Å². The molecule has 11 heavy (non-hydrogen) atoms. The van der Waals surface area contributed by atoms with Gasteiger partial charge < -0.3 is 10.3 Å². The van der Waals surface area contributed by atoms with Crippen LogP contribution in [-0.2, 0) is 6.54 Å². The number of hydrogen-bond acceptors (Lipinski definition) is 2. The van der Waals surface area contributed by atoms with Crippen molar-refractivity contribution in [3.8, 4) is 0 Å². The topological polar surface area (TPSA) is 43.8 Å². The van der Waals surface area contributed by atoms with Crippen LogP contribution in [0.5, 0.6) is 0 Å². The Morgan fingerprint density at radius 3 is 3.18 bits per heavy atom. The standard InChI is InChI=1S/C7H11N3.ClH/c8-6-2-1-4-10-5-3-9-7(6)10;/h3,5-6H,1-2,4,8H2;1H. The number of halogens is 1. The van der Waals surface area contributed by atoms with Gasteiger partial charge in [-0.2, -0.15) is 0 Å². The van der Waals surface area contributed by atoms with Crippen LogP contribution in [0.15, 0.2) is 12.4 Å². The highest BCUT2D eigenvalue weighted by Crippen LogP contribution is 2.19. The van der Waals surface area contributed by atoms with E-state index >= 15 is 0 Å². The molecule has 1 aliphatic rings. The van der Waals surface area contributed by atoms with Crippen molar-refractivity contribution >= 4 is 12.4 Å². The zero-order chi connectivity index (χ0) is 6.97. The lowest BCUT2D eigenvalue weighted by Crippen LogP contribution is -2.21. The molecule has 2 N–H and O–H groups in total. The van der Waals surface area contributed by atoms with Crippen LogP contribution in [0.25, 0.3) is 0 Å². The van der Waals surface area contributed by atoms with Crippen LogP contribution in [0.1, 0.15) is 24.7 Å². The summed E-state index contributed by atoms with van der Waals surface area (Å²) in [6.07, 6.45) is 6.08. The predicted octanol–water partition coefficient (Wildman–Crippen LogP) is 1.10. The third-order valence-corrected chi connectivity index (χ3v) is 1.99. The molecule has 0 aliphatic carbocycles. The molecule has 1 aromatic rings. The van der Waals surface area contributed by atoms with E-state index in [1.54, 1.807) is 0 Å². The van der Waals surface area contributed by atoms with Crippen molar-refractivity contribution < 1.29 is 0 Å². The highest BCUT2D eigenvalue weighted by Gasteiger charge is 2.16. The fraction of sp³-hybridized carbons (Fsp3) is 0.571. The first-order chi connectivity index (χ1) is 4.88. The Morgan fingerprint density at radius 2 is 2.45 bits per heavy atom. The Labute approximate surface area is 72.0 Å². The number of nitrogens with two attached hydrogens (primary N) is 1. The van der Waals surface area contributed by atoms with Gasteiger partial charge >= 0.3 is 0 Å². The summed E-state index contributed by atoms with van der Waals surface area (Å²) in [6.45, 7) is 1.09. The molecule has 0 bridgehead atoms. The Hall–Kier alpha value is -0.540. The summed E-state index contributed by atoms with van der Waals surface area (Å²) in [5.41, 5.74) is 5.81. The lowest BCUT2D eigenvalue weighted by atomic mass is 10.1. The minimum Gasteiger partial charge on any atom is -0.334 e. The maximum atomic E-state index is 5.81. The van der Waals surface area contributed by atoms with Crippen LogP contribution >= 0.6 is 12.4 Å². The van der Waals surface area contributed by atoms with E-state index < -0.39 is 0 Å². The normalized spacial score (nSPS) is 22.1. The maximum absolute atomic E-state index is 5.81. The molecule has 0 radical (unpaired) electrons. The van der Waals surface area contributed by atoms with Crippen molar-refractivity contribution in [3.05, 3.63) is 18.2 Å². The molecule has 1 aromatic heterocycles. The smallest absolute Gasteiger partial charge is 0.125 e. The molecule has 0 amide bonds. The number of nitrogens with zero attached hydrogens (tertiary/aromatic N) is 2. The first-order valence-electron chi connectivity index (χ1n) is 3.64. The Balaban J connectivity index is 0.000000605. The summed E-state index contributed by atoms with van der Waals surface area (Å²) in [5.74, 6) is 1.05. The Kier molecular flexibility index (Phi) is 2.52. The number of aromatic nitrogens is 2. The highest BCUT2D eigenvalue weighted by atomic mass is 35.5. The molecule has 0 saturated heterocycles. The maximum Gasteiger partial charge on any atom is 0.125 e. The number of imidazole rings is 1. The average Bonchev–Trinajstić information content (AvgIpc) is 2.36. The van der Waals surface area contributed by atoms with Crippen molar-refractivity contribution in [1.29, 1.82) is 0 Å². The Morgan fingerprint density at radius 1 is 1.64 bits per heavy atom. The molecule has 62 valence electrons. The number of aryl methyl sites for hydroxylation is 1. The van der Waals surface area contributed by atoms with Crippen molar-refractivity contribution in [2.75, 3.05) is 0 Å². The van der Waals surface area contributed by atoms with Gasteiger partial charge in [0.2, 0.25) is 0 Å². The lowest BCUT2D eigenvalue weighted by molar-refractivity contribution is 0.451. The van der Waals surface area contributed by atoms with E-state index in [4.69, 9.17) is 5.73 Å². The third kappa shape index (κ3) is 1.39. The van der Waals surface area contributed by atoms with E-state index in [0.717, 1.165) is 18.8 Å². The van der Waals surface area contributed by atoms with Crippen LogP contribution < -0.4 is 5.73 Å². The molecule has 2 heterocycles. The molecule has 2 rings (SSSR count). The number of fused-ring (bicyclic) bond motifs is 1. The summed E-state index contributed by atoms with van der Waals surface area (Å²) >= 11 is 0. The first-order valence-corrected chi connectivity index (χ1v) is 3.64. The van der Waals surface area contributed by atoms with E-state index in [-0.39, 0.29) is 18.4 Å². The Bertz CT molecular complexity index is 233. The van der Waals surface area contributed by atoms with Crippen LogP contribution in [-0.4, -0.2) is 9.55 Å². The summed E-state index contributed by atoms with van der Waals surface area (Å²) in [6, 6.07) is 0.170. The lowest BCUT2D eigenvalue weighted by Gasteiger charge is -2.19. The minimum atomic E-state index is 0. The van der Waals surface area contributed by atoms with Gasteiger partial charge in [0.15, 0.2) is 0 Å². The fourth-order valence-electron chi connectivity index (χ4n) is 1.45. The SMILES string of the molecule is Cl.NC1CCCn2ccnc21. The van der Waals surface area contributed by atoms with E-state index in [0.29, 0.717) is 0 Å². The molecule has 0 fully saturated rings. The first kappa shape index (κ1) is 8.56. The summed E-state index contributed by atoms with van der Waals surface area (Å²) in [7, 11) is 0. The van der Waals surface area contributed by atoms with Gasteiger partial charge in [0.05, 0.1) is 6.04 Å². The average molecular weight is 174 g/mol. The highest BCUT2D eigenvalue weighted by molar-refractivity contribution is 5.85. The van der Waals surface area contributed by atoms with E-state index in [2.05, 4.69) is 9.55 Å². The summed E-state index contributed by atoms with van der Waals surface area (Å²) in [5, 5.41) is 0. The molecular formula is C7H12ClN3. The zero-order valence-corrected chi connectivity index (χ0v) is 7.05. The van der Waals surface area contributed by atoms with E-state index in [1.165, 1.54) is 6.42 Å². The van der Waals surface area contributed by atoms with Crippen molar-refractivity contribution in [3.63, 3.8) is 0 Å². The van der Waals surface area contributed by atoms with Crippen LogP contribution in [0.4, 0.5) is 0 Å². The van der Waals surface area contributed by atoms with E-state index in [1.807, 2.05) is 12.4 Å². The third-order valence-electron chi connectivity index (χ3n) is 1.99. The second kappa shape index (κ2) is 3.24. The molecule has 4 heteroatoms. The van der Waals surface area contributed by atoms with Crippen molar-refractivity contribution in [2.45, 2.75) is 25.4 Å². The van der Waals surface area contributed by atoms with E-state index in [9.17, 15) is 0 Å². The van der Waals surface area contributed by atoms with Crippen molar-refractivity contribution in [2.24, 2.45) is 5.73 Å². The summed E-state index contributed by atoms with van der Waals surface area (Å²) < 4.78 is 2.13. The molecule has 0 aromatic carbocycles. The number of hydrogen-bond donors (Lipinski definition) is 1. The van der Waals surface area contributed by atoms with Gasteiger partial charge in [-0.05, 0) is 12.8 Å². The second-order valence-electron chi connectivity index (χ2n) is 2.73. The quantitative estimate of drug-likeness (QED) is 0.639. The van der Waals surface area contributed by atoms with Gasteiger partial charge in [0, 0.05) is 18.9 Å². The minimum absolute atomic E-state index is 0. The van der Waals surface area contributed by atoms with Gasteiger partial charge in [-0.15, -0.1) is 12.4 Å². The number of rotatable bonds is 0. The van der Waals surface area contributed by atoms with Gasteiger partial charge in [-0.1, -0.05) is 0 Å². The largest absolute Gasteiger partial charge is 0.334 e. The van der Waals surface area contributed by atoms with Gasteiger partial charge in [-0.25, -0.2) is 4.98 Å². The van der Waals surface area contributed by atoms with Crippen LogP contribution in [0.2, 0.25) is 0 Å². The van der Waals surface area contributed by atoms with Gasteiger partial charge in [-0.3, -0.25) is 0 Å².